The molecule has 0 bridgehead atoms. The largest absolute Gasteiger partial charge is 0.496 e. The molecule has 132 valence electrons. The predicted octanol–water partition coefficient (Wildman–Crippen LogP) is 4.77. The Balaban J connectivity index is 1.84. The number of benzene rings is 2. The van der Waals surface area contributed by atoms with E-state index >= 15 is 0 Å². The SMILES string of the molecule is COc1ccc(NC(=O)CCCSc2ccc(Cl)cc2)c([N+](=O)[O-])c1. The minimum absolute atomic E-state index is 0.168. The van der Waals surface area contributed by atoms with Crippen molar-refractivity contribution >= 4 is 40.6 Å². The highest BCUT2D eigenvalue weighted by molar-refractivity contribution is 7.99. The van der Waals surface area contributed by atoms with Gasteiger partial charge in [0.2, 0.25) is 5.91 Å². The van der Waals surface area contributed by atoms with Crippen molar-refractivity contribution in [1.82, 2.24) is 0 Å². The number of carbonyl (C=O) groups is 1. The van der Waals surface area contributed by atoms with Crippen LogP contribution in [0.25, 0.3) is 0 Å². The Morgan fingerprint density at radius 1 is 1.28 bits per heavy atom. The van der Waals surface area contributed by atoms with Crippen molar-refractivity contribution in [3.05, 3.63) is 57.6 Å². The van der Waals surface area contributed by atoms with E-state index in [0.717, 1.165) is 10.6 Å². The molecule has 0 aliphatic rings. The van der Waals surface area contributed by atoms with Gasteiger partial charge in [-0.15, -0.1) is 11.8 Å². The van der Waals surface area contributed by atoms with Gasteiger partial charge in [-0.25, -0.2) is 0 Å². The van der Waals surface area contributed by atoms with Crippen LogP contribution in [0, 0.1) is 10.1 Å². The maximum atomic E-state index is 12.0. The number of nitro benzene ring substituents is 1. The van der Waals surface area contributed by atoms with Crippen LogP contribution in [-0.4, -0.2) is 23.7 Å². The normalized spacial score (nSPS) is 10.3. The second-order valence-electron chi connectivity index (χ2n) is 5.09. The van der Waals surface area contributed by atoms with Crippen LogP contribution in [0.2, 0.25) is 5.02 Å². The summed E-state index contributed by atoms with van der Waals surface area (Å²) in [5, 5.41) is 14.4. The summed E-state index contributed by atoms with van der Waals surface area (Å²) in [7, 11) is 1.43. The van der Waals surface area contributed by atoms with Crippen LogP contribution in [0.5, 0.6) is 5.75 Å². The van der Waals surface area contributed by atoms with E-state index in [-0.39, 0.29) is 23.7 Å². The van der Waals surface area contributed by atoms with Crippen LogP contribution < -0.4 is 10.1 Å². The minimum atomic E-state index is -0.547. The summed E-state index contributed by atoms with van der Waals surface area (Å²) < 4.78 is 4.97. The summed E-state index contributed by atoms with van der Waals surface area (Å²) >= 11 is 7.45. The average Bonchev–Trinajstić information content (AvgIpc) is 2.60. The fourth-order valence-electron chi connectivity index (χ4n) is 2.06. The predicted molar refractivity (Wildman–Crippen MR) is 99.7 cm³/mol. The molecule has 0 aliphatic carbocycles. The third-order valence-corrected chi connectivity index (χ3v) is 4.66. The Labute approximate surface area is 154 Å². The third-order valence-electron chi connectivity index (χ3n) is 3.31. The molecule has 0 saturated heterocycles. The molecule has 25 heavy (non-hydrogen) atoms. The van der Waals surface area contributed by atoms with Gasteiger partial charge in [0.05, 0.1) is 18.1 Å². The summed E-state index contributed by atoms with van der Waals surface area (Å²) in [4.78, 5) is 23.6. The lowest BCUT2D eigenvalue weighted by molar-refractivity contribution is -0.384. The van der Waals surface area contributed by atoms with E-state index in [2.05, 4.69) is 5.32 Å². The number of amides is 1. The molecule has 0 radical (unpaired) electrons. The number of anilines is 1. The Morgan fingerprint density at radius 3 is 2.64 bits per heavy atom. The standard InChI is InChI=1S/C17H17ClN2O4S/c1-24-13-6-9-15(16(11-13)20(22)23)19-17(21)3-2-10-25-14-7-4-12(18)5-8-14/h4-9,11H,2-3,10H2,1H3,(H,19,21). The zero-order valence-electron chi connectivity index (χ0n) is 13.5. The van der Waals surface area contributed by atoms with E-state index < -0.39 is 4.92 Å². The molecule has 0 unspecified atom stereocenters. The van der Waals surface area contributed by atoms with Crippen molar-refractivity contribution in [3.63, 3.8) is 0 Å². The van der Waals surface area contributed by atoms with Crippen molar-refractivity contribution in [2.45, 2.75) is 17.7 Å². The van der Waals surface area contributed by atoms with Gasteiger partial charge in [-0.3, -0.25) is 14.9 Å². The van der Waals surface area contributed by atoms with Crippen LogP contribution in [0.15, 0.2) is 47.4 Å². The molecule has 0 saturated carbocycles. The molecule has 6 nitrogen and oxygen atoms in total. The first kappa shape index (κ1) is 19.1. The van der Waals surface area contributed by atoms with E-state index in [0.29, 0.717) is 17.2 Å². The van der Waals surface area contributed by atoms with Crippen LogP contribution >= 0.6 is 23.4 Å². The lowest BCUT2D eigenvalue weighted by Crippen LogP contribution is -2.12. The fraction of sp³-hybridized carbons (Fsp3) is 0.235. The minimum Gasteiger partial charge on any atom is -0.496 e. The fourth-order valence-corrected chi connectivity index (χ4v) is 3.04. The molecule has 0 atom stereocenters. The van der Waals surface area contributed by atoms with E-state index in [1.807, 2.05) is 24.3 Å². The summed E-state index contributed by atoms with van der Waals surface area (Å²) in [6.07, 6.45) is 0.937. The number of carbonyl (C=O) groups excluding carboxylic acids is 1. The molecule has 8 heteroatoms. The van der Waals surface area contributed by atoms with Crippen LogP contribution in [-0.2, 0) is 4.79 Å². The van der Waals surface area contributed by atoms with Crippen molar-refractivity contribution in [1.29, 1.82) is 0 Å². The van der Waals surface area contributed by atoms with Crippen LogP contribution in [0.4, 0.5) is 11.4 Å². The monoisotopic (exact) mass is 380 g/mol. The van der Waals surface area contributed by atoms with Crippen molar-refractivity contribution < 1.29 is 14.5 Å². The van der Waals surface area contributed by atoms with Gasteiger partial charge in [-0.05, 0) is 48.6 Å². The molecular formula is C17H17ClN2O4S. The Kier molecular flexibility index (Phi) is 7.09. The van der Waals surface area contributed by atoms with E-state index in [1.54, 1.807) is 17.8 Å². The first-order chi connectivity index (χ1) is 12.0. The number of rotatable bonds is 8. The molecule has 0 heterocycles. The molecule has 0 aliphatic heterocycles. The summed E-state index contributed by atoms with van der Waals surface area (Å²) in [5.74, 6) is 0.869. The number of nitrogens with zero attached hydrogens (tertiary/aromatic N) is 1. The molecule has 2 aromatic carbocycles. The smallest absolute Gasteiger partial charge is 0.296 e. The van der Waals surface area contributed by atoms with Gasteiger partial charge in [0.15, 0.2) is 0 Å². The highest BCUT2D eigenvalue weighted by Crippen LogP contribution is 2.29. The third kappa shape index (κ3) is 5.95. The van der Waals surface area contributed by atoms with Gasteiger partial charge in [0.25, 0.3) is 5.69 Å². The average molecular weight is 381 g/mol. The zero-order chi connectivity index (χ0) is 18.2. The van der Waals surface area contributed by atoms with E-state index in [4.69, 9.17) is 16.3 Å². The molecule has 0 aromatic heterocycles. The lowest BCUT2D eigenvalue weighted by Gasteiger charge is -2.07. The van der Waals surface area contributed by atoms with Gasteiger partial charge < -0.3 is 10.1 Å². The number of hydrogen-bond donors (Lipinski definition) is 1. The quantitative estimate of drug-likeness (QED) is 0.309. The number of hydrogen-bond acceptors (Lipinski definition) is 5. The Morgan fingerprint density at radius 2 is 2.00 bits per heavy atom. The number of methoxy groups -OCH3 is 1. The maximum Gasteiger partial charge on any atom is 0.296 e. The van der Waals surface area contributed by atoms with E-state index in [1.165, 1.54) is 19.2 Å². The first-order valence-corrected chi connectivity index (χ1v) is 8.86. The molecular weight excluding hydrogens is 364 g/mol. The van der Waals surface area contributed by atoms with Crippen LogP contribution in [0.3, 0.4) is 0 Å². The molecule has 1 amide bonds. The molecule has 2 rings (SSSR count). The van der Waals surface area contributed by atoms with Gasteiger partial charge in [0.1, 0.15) is 11.4 Å². The second-order valence-corrected chi connectivity index (χ2v) is 6.70. The molecule has 0 fully saturated rings. The summed E-state index contributed by atoms with van der Waals surface area (Å²) in [6.45, 7) is 0. The second kappa shape index (κ2) is 9.29. The lowest BCUT2D eigenvalue weighted by atomic mass is 10.2. The number of thioether (sulfide) groups is 1. The van der Waals surface area contributed by atoms with Gasteiger partial charge in [-0.2, -0.15) is 0 Å². The number of nitro groups is 1. The first-order valence-electron chi connectivity index (χ1n) is 7.50. The molecule has 2 aromatic rings. The van der Waals surface area contributed by atoms with Crippen molar-refractivity contribution in [2.24, 2.45) is 0 Å². The van der Waals surface area contributed by atoms with Gasteiger partial charge in [0, 0.05) is 16.3 Å². The van der Waals surface area contributed by atoms with Gasteiger partial charge >= 0.3 is 0 Å². The topological polar surface area (TPSA) is 81.5 Å². The highest BCUT2D eigenvalue weighted by atomic mass is 35.5. The Hall–Kier alpha value is -2.25. The highest BCUT2D eigenvalue weighted by Gasteiger charge is 2.17. The summed E-state index contributed by atoms with van der Waals surface area (Å²) in [6, 6.07) is 11.8. The van der Waals surface area contributed by atoms with Gasteiger partial charge in [-0.1, -0.05) is 11.6 Å². The van der Waals surface area contributed by atoms with Crippen molar-refractivity contribution in [3.8, 4) is 5.75 Å². The van der Waals surface area contributed by atoms with Crippen LogP contribution in [0.1, 0.15) is 12.8 Å². The Bertz CT molecular complexity index is 753. The molecule has 0 spiro atoms. The number of ether oxygens (including phenoxy) is 1. The molecule has 1 N–H and O–H groups in total. The van der Waals surface area contributed by atoms with Crippen molar-refractivity contribution in [2.75, 3.05) is 18.2 Å². The number of halogens is 1. The number of nitrogens with one attached hydrogen (secondary N) is 1. The maximum absolute atomic E-state index is 12.0. The zero-order valence-corrected chi connectivity index (χ0v) is 15.1. The van der Waals surface area contributed by atoms with E-state index in [9.17, 15) is 14.9 Å². The summed E-state index contributed by atoms with van der Waals surface area (Å²) in [5.41, 5.74) is -0.0237.